The first-order valence-corrected chi connectivity index (χ1v) is 5.61. The second kappa shape index (κ2) is 1.84. The summed E-state index contributed by atoms with van der Waals surface area (Å²) in [6, 6.07) is 0. The molecule has 3 rings (SSSR count). The van der Waals surface area contributed by atoms with Crippen LogP contribution in [0.1, 0.15) is 41.5 Å². The van der Waals surface area contributed by atoms with E-state index in [1.807, 2.05) is 6.92 Å². The van der Waals surface area contributed by atoms with Crippen LogP contribution in [-0.2, 0) is 9.53 Å². The highest BCUT2D eigenvalue weighted by Gasteiger charge is 2.96. The van der Waals surface area contributed by atoms with E-state index in [-0.39, 0.29) is 22.0 Å². The number of hydrogen-bond donors (Lipinski definition) is 0. The third-order valence-electron chi connectivity index (χ3n) is 6.29. The van der Waals surface area contributed by atoms with Crippen LogP contribution in [0.3, 0.4) is 0 Å². The average Bonchev–Trinajstić information content (AvgIpc) is 2.71. The van der Waals surface area contributed by atoms with Gasteiger partial charge in [0.05, 0.1) is 5.41 Å². The fraction of sp³-hybridized carbons (Fsp3) is 0.769. The number of fused-ring (bicyclic) bond motifs is 4. The summed E-state index contributed by atoms with van der Waals surface area (Å²) in [7, 11) is 0. The van der Waals surface area contributed by atoms with E-state index in [1.54, 1.807) is 0 Å². The molecule has 0 unspecified atom stereocenters. The number of ketones is 1. The lowest BCUT2D eigenvalue weighted by molar-refractivity contribution is -0.140. The summed E-state index contributed by atoms with van der Waals surface area (Å²) in [5, 5.41) is 0. The second-order valence-electron chi connectivity index (χ2n) is 6.00. The van der Waals surface area contributed by atoms with E-state index in [9.17, 15) is 4.79 Å². The third-order valence-corrected chi connectivity index (χ3v) is 6.29. The molecule has 1 saturated heterocycles. The van der Waals surface area contributed by atoms with Crippen LogP contribution >= 0.6 is 0 Å². The molecule has 3 aliphatic rings. The Hall–Kier alpha value is -0.630. The minimum atomic E-state index is -0.330. The number of Topliss-reactive ketones (excluding diaryl/α,β-unsaturated/α-hetero) is 1. The lowest BCUT2D eigenvalue weighted by atomic mass is 9.40. The van der Waals surface area contributed by atoms with Crippen molar-refractivity contribution < 1.29 is 9.53 Å². The van der Waals surface area contributed by atoms with Gasteiger partial charge in [0, 0.05) is 5.41 Å². The Bertz CT molecular complexity index is 449. The first-order chi connectivity index (χ1) is 6.68. The van der Waals surface area contributed by atoms with E-state index in [1.165, 1.54) is 5.57 Å². The summed E-state index contributed by atoms with van der Waals surface area (Å²) in [6.45, 7) is 12.5. The van der Waals surface area contributed by atoms with E-state index < -0.39 is 0 Å². The summed E-state index contributed by atoms with van der Waals surface area (Å²) in [4.78, 5) is 12.4. The molecule has 0 aromatic rings. The van der Waals surface area contributed by atoms with E-state index in [4.69, 9.17) is 4.74 Å². The monoisotopic (exact) mass is 206 g/mol. The van der Waals surface area contributed by atoms with Crippen molar-refractivity contribution in [1.82, 2.24) is 0 Å². The summed E-state index contributed by atoms with van der Waals surface area (Å²) >= 11 is 0. The predicted molar refractivity (Wildman–Crippen MR) is 57.5 cm³/mol. The van der Waals surface area contributed by atoms with E-state index >= 15 is 0 Å². The molecule has 0 spiro atoms. The first kappa shape index (κ1) is 9.59. The zero-order chi connectivity index (χ0) is 11.4. The lowest BCUT2D eigenvalue weighted by Gasteiger charge is -2.56. The van der Waals surface area contributed by atoms with Crippen LogP contribution in [0.4, 0.5) is 0 Å². The predicted octanol–water partition coefficient (Wildman–Crippen LogP) is 2.48. The highest BCUT2D eigenvalue weighted by Crippen LogP contribution is 2.86. The van der Waals surface area contributed by atoms with Crippen LogP contribution < -0.4 is 0 Å². The maximum Gasteiger partial charge on any atom is 0.168 e. The fourth-order valence-corrected chi connectivity index (χ4v) is 4.53. The van der Waals surface area contributed by atoms with Gasteiger partial charge >= 0.3 is 0 Å². The van der Waals surface area contributed by atoms with E-state index in [0.29, 0.717) is 5.78 Å². The number of epoxide rings is 1. The topological polar surface area (TPSA) is 29.6 Å². The molecular formula is C13H18O2. The molecule has 0 N–H and O–H groups in total. The van der Waals surface area contributed by atoms with Gasteiger partial charge in [-0.05, 0) is 40.2 Å². The Balaban J connectivity index is 2.29. The molecule has 82 valence electrons. The normalized spacial score (nSPS) is 61.3. The Labute approximate surface area is 90.7 Å². The summed E-state index contributed by atoms with van der Waals surface area (Å²) in [6.07, 6.45) is 0. The van der Waals surface area contributed by atoms with Gasteiger partial charge in [0.2, 0.25) is 0 Å². The van der Waals surface area contributed by atoms with Crippen molar-refractivity contribution >= 4 is 5.78 Å². The molecule has 2 heteroatoms. The fourth-order valence-electron chi connectivity index (χ4n) is 4.53. The first-order valence-electron chi connectivity index (χ1n) is 5.61. The van der Waals surface area contributed by atoms with Crippen LogP contribution in [0, 0.1) is 10.8 Å². The molecule has 15 heavy (non-hydrogen) atoms. The summed E-state index contributed by atoms with van der Waals surface area (Å²) in [5.41, 5.74) is 1.42. The SMILES string of the molecule is CC1=C(C)[C@]2(C)[C@@]3(C)O[C@]3(C)[C@@]2(C)C1=O. The molecule has 1 aliphatic heterocycles. The Kier molecular flexibility index (Phi) is 1.17. The van der Waals surface area contributed by atoms with Gasteiger partial charge in [0.1, 0.15) is 11.2 Å². The zero-order valence-electron chi connectivity index (χ0n) is 10.3. The quantitative estimate of drug-likeness (QED) is 0.570. The molecule has 0 bridgehead atoms. The maximum atomic E-state index is 12.4. The molecule has 4 atom stereocenters. The van der Waals surface area contributed by atoms with Gasteiger partial charge in [-0.25, -0.2) is 0 Å². The van der Waals surface area contributed by atoms with Gasteiger partial charge in [-0.3, -0.25) is 4.79 Å². The molecule has 0 aromatic heterocycles. The van der Waals surface area contributed by atoms with Crippen molar-refractivity contribution in [3.05, 3.63) is 11.1 Å². The summed E-state index contributed by atoms with van der Waals surface area (Å²) < 4.78 is 5.91. The van der Waals surface area contributed by atoms with Crippen LogP contribution in [0.25, 0.3) is 0 Å². The van der Waals surface area contributed by atoms with Crippen LogP contribution in [-0.4, -0.2) is 17.0 Å². The van der Waals surface area contributed by atoms with Crippen LogP contribution in [0.5, 0.6) is 0 Å². The highest BCUT2D eigenvalue weighted by molar-refractivity contribution is 6.08. The van der Waals surface area contributed by atoms with Gasteiger partial charge < -0.3 is 4.74 Å². The minimum Gasteiger partial charge on any atom is -0.361 e. The van der Waals surface area contributed by atoms with Gasteiger partial charge in [-0.2, -0.15) is 0 Å². The molecule has 0 aromatic carbocycles. The van der Waals surface area contributed by atoms with Crippen molar-refractivity contribution in [3.63, 3.8) is 0 Å². The van der Waals surface area contributed by atoms with Crippen molar-refractivity contribution in [1.29, 1.82) is 0 Å². The minimum absolute atomic E-state index is 0.0874. The summed E-state index contributed by atoms with van der Waals surface area (Å²) in [5.74, 6) is 0.292. The van der Waals surface area contributed by atoms with Crippen molar-refractivity contribution in [2.45, 2.75) is 52.7 Å². The standard InChI is InChI=1S/C13H18O2/c1-7-8(2)10(3)11(4,9(7)14)13(6)12(10,5)15-13/h1-6H3/t10-,11-,12+,13+/m0/s1. The molecular weight excluding hydrogens is 188 g/mol. The Morgan fingerprint density at radius 2 is 1.40 bits per heavy atom. The average molecular weight is 206 g/mol. The van der Waals surface area contributed by atoms with Crippen molar-refractivity contribution in [2.75, 3.05) is 0 Å². The van der Waals surface area contributed by atoms with Gasteiger partial charge in [-0.15, -0.1) is 0 Å². The molecule has 2 aliphatic carbocycles. The third kappa shape index (κ3) is 0.490. The molecule has 0 amide bonds. The van der Waals surface area contributed by atoms with Gasteiger partial charge in [-0.1, -0.05) is 12.5 Å². The van der Waals surface area contributed by atoms with Crippen molar-refractivity contribution in [2.24, 2.45) is 10.8 Å². The molecule has 1 saturated carbocycles. The zero-order valence-corrected chi connectivity index (χ0v) is 10.3. The molecule has 0 radical (unpaired) electrons. The van der Waals surface area contributed by atoms with Crippen molar-refractivity contribution in [3.8, 4) is 0 Å². The van der Waals surface area contributed by atoms with Crippen LogP contribution in [0.15, 0.2) is 11.1 Å². The highest BCUT2D eigenvalue weighted by atomic mass is 16.6. The van der Waals surface area contributed by atoms with E-state index in [0.717, 1.165) is 5.57 Å². The Morgan fingerprint density at radius 1 is 0.933 bits per heavy atom. The number of carbonyl (C=O) groups is 1. The maximum absolute atomic E-state index is 12.4. The van der Waals surface area contributed by atoms with E-state index in [2.05, 4.69) is 34.6 Å². The number of carbonyl (C=O) groups excluding carboxylic acids is 1. The number of allylic oxidation sites excluding steroid dienone is 1. The Morgan fingerprint density at radius 3 is 1.87 bits per heavy atom. The second-order valence-corrected chi connectivity index (χ2v) is 6.00. The lowest BCUT2D eigenvalue weighted by Crippen LogP contribution is -2.68. The largest absolute Gasteiger partial charge is 0.361 e. The number of rotatable bonds is 0. The van der Waals surface area contributed by atoms with Gasteiger partial charge in [0.15, 0.2) is 5.78 Å². The molecule has 2 nitrogen and oxygen atoms in total. The molecule has 1 heterocycles. The number of hydrogen-bond acceptors (Lipinski definition) is 2. The molecule has 2 fully saturated rings. The van der Waals surface area contributed by atoms with Gasteiger partial charge in [0.25, 0.3) is 0 Å². The number of ether oxygens (including phenoxy) is 1. The van der Waals surface area contributed by atoms with Crippen LogP contribution in [0.2, 0.25) is 0 Å². The smallest absolute Gasteiger partial charge is 0.168 e.